The zero-order chi connectivity index (χ0) is 13.9. The molecule has 0 amide bonds. The Morgan fingerprint density at radius 1 is 1.40 bits per heavy atom. The lowest BCUT2D eigenvalue weighted by Crippen LogP contribution is -2.21. The zero-order valence-electron chi connectivity index (χ0n) is 11.7. The van der Waals surface area contributed by atoms with Crippen LogP contribution in [0.15, 0.2) is 21.7 Å². The van der Waals surface area contributed by atoms with Crippen molar-refractivity contribution in [1.29, 1.82) is 0 Å². The van der Waals surface area contributed by atoms with Gasteiger partial charge in [0.1, 0.15) is 11.5 Å². The van der Waals surface area contributed by atoms with E-state index in [-0.39, 0.29) is 0 Å². The second-order valence-electron chi connectivity index (χ2n) is 5.33. The number of furan rings is 1. The minimum Gasteiger partial charge on any atom is -0.464 e. The molecule has 0 aromatic carbocycles. The molecule has 2 aromatic rings. The predicted octanol–water partition coefficient (Wildman–Crippen LogP) is 2.39. The molecule has 0 aliphatic heterocycles. The first kappa shape index (κ1) is 13.6. The van der Waals surface area contributed by atoms with Crippen LogP contribution in [0.25, 0.3) is 0 Å². The summed E-state index contributed by atoms with van der Waals surface area (Å²) in [5, 5.41) is 16.1. The van der Waals surface area contributed by atoms with Gasteiger partial charge >= 0.3 is 0 Å². The maximum atomic E-state index is 5.79. The van der Waals surface area contributed by atoms with Crippen LogP contribution < -0.4 is 5.32 Å². The lowest BCUT2D eigenvalue weighted by molar-refractivity contribution is 0.445. The summed E-state index contributed by atoms with van der Waals surface area (Å²) >= 11 is 1.63. The van der Waals surface area contributed by atoms with Crippen molar-refractivity contribution in [2.24, 2.45) is 0 Å². The Kier molecular flexibility index (Phi) is 4.07. The van der Waals surface area contributed by atoms with Crippen molar-refractivity contribution in [2.75, 3.05) is 0 Å². The number of hydrogen-bond donors (Lipinski definition) is 1. The van der Waals surface area contributed by atoms with E-state index in [0.29, 0.717) is 12.1 Å². The molecule has 1 N–H and O–H groups in total. The monoisotopic (exact) mass is 293 g/mol. The number of hydrogen-bond acceptors (Lipinski definition) is 6. The van der Waals surface area contributed by atoms with E-state index in [4.69, 9.17) is 4.42 Å². The van der Waals surface area contributed by atoms with E-state index in [1.54, 1.807) is 11.8 Å². The summed E-state index contributed by atoms with van der Waals surface area (Å²) in [6.07, 6.45) is 2.37. The van der Waals surface area contributed by atoms with Crippen LogP contribution in [0.4, 0.5) is 0 Å². The van der Waals surface area contributed by atoms with E-state index in [2.05, 4.69) is 34.7 Å². The van der Waals surface area contributed by atoms with Crippen molar-refractivity contribution in [3.63, 3.8) is 0 Å². The molecule has 0 bridgehead atoms. The summed E-state index contributed by atoms with van der Waals surface area (Å²) in [7, 11) is 0. The quantitative estimate of drug-likeness (QED) is 0.791. The highest BCUT2D eigenvalue weighted by Crippen LogP contribution is 2.36. The Hall–Kier alpha value is -1.34. The maximum absolute atomic E-state index is 5.79. The molecule has 108 valence electrons. The number of nitrogens with one attached hydrogen (secondary N) is 1. The molecule has 1 saturated carbocycles. The molecule has 1 aliphatic carbocycles. The summed E-state index contributed by atoms with van der Waals surface area (Å²) in [4.78, 5) is 0. The van der Waals surface area contributed by atoms with E-state index >= 15 is 0 Å². The third-order valence-corrected chi connectivity index (χ3v) is 4.06. The van der Waals surface area contributed by atoms with Gasteiger partial charge < -0.3 is 9.73 Å². The number of tetrazole rings is 1. The second-order valence-corrected chi connectivity index (χ2v) is 6.27. The Labute approximate surface area is 122 Å². The highest BCUT2D eigenvalue weighted by molar-refractivity contribution is 7.98. The fourth-order valence-electron chi connectivity index (χ4n) is 1.86. The molecule has 2 heterocycles. The van der Waals surface area contributed by atoms with Gasteiger partial charge in [-0.3, -0.25) is 0 Å². The Bertz CT molecular complexity index is 561. The Morgan fingerprint density at radius 3 is 2.95 bits per heavy atom. The molecule has 6 nitrogen and oxygen atoms in total. The van der Waals surface area contributed by atoms with Crippen molar-refractivity contribution in [2.45, 2.75) is 56.2 Å². The Morgan fingerprint density at radius 2 is 2.20 bits per heavy atom. The van der Waals surface area contributed by atoms with Crippen molar-refractivity contribution in [1.82, 2.24) is 25.5 Å². The van der Waals surface area contributed by atoms with Gasteiger partial charge in [-0.05, 0) is 35.4 Å². The minimum atomic E-state index is 0.459. The minimum absolute atomic E-state index is 0.459. The van der Waals surface area contributed by atoms with Crippen molar-refractivity contribution >= 4 is 11.8 Å². The van der Waals surface area contributed by atoms with Crippen LogP contribution in [0, 0.1) is 0 Å². The molecule has 7 heteroatoms. The molecule has 1 aliphatic rings. The summed E-state index contributed by atoms with van der Waals surface area (Å²) < 4.78 is 7.71. The molecule has 0 radical (unpaired) electrons. The van der Waals surface area contributed by atoms with Crippen LogP contribution >= 0.6 is 11.8 Å². The molecule has 0 spiro atoms. The normalized spacial score (nSPS) is 15.2. The first-order valence-corrected chi connectivity index (χ1v) is 7.92. The maximum Gasteiger partial charge on any atom is 0.210 e. The van der Waals surface area contributed by atoms with Crippen LogP contribution in [0.1, 0.15) is 44.3 Å². The third-order valence-electron chi connectivity index (χ3n) is 3.10. The average molecular weight is 293 g/mol. The first-order chi connectivity index (χ1) is 9.72. The van der Waals surface area contributed by atoms with Gasteiger partial charge in [-0.2, -0.15) is 0 Å². The van der Waals surface area contributed by atoms with Gasteiger partial charge in [-0.1, -0.05) is 25.6 Å². The average Bonchev–Trinajstić information content (AvgIpc) is 3.00. The molecule has 1 fully saturated rings. The van der Waals surface area contributed by atoms with Gasteiger partial charge in [0.25, 0.3) is 0 Å². The second kappa shape index (κ2) is 5.97. The van der Waals surface area contributed by atoms with Crippen LogP contribution in [0.3, 0.4) is 0 Å². The topological polar surface area (TPSA) is 68.8 Å². The lowest BCUT2D eigenvalue weighted by Gasteiger charge is -2.05. The Balaban J connectivity index is 1.54. The fourth-order valence-corrected chi connectivity index (χ4v) is 2.70. The highest BCUT2D eigenvalue weighted by atomic mass is 32.2. The number of thioether (sulfide) groups is 1. The van der Waals surface area contributed by atoms with Crippen molar-refractivity contribution < 1.29 is 4.42 Å². The van der Waals surface area contributed by atoms with E-state index in [1.165, 1.54) is 12.8 Å². The van der Waals surface area contributed by atoms with Crippen LogP contribution in [0.2, 0.25) is 0 Å². The van der Waals surface area contributed by atoms with Gasteiger partial charge in [0, 0.05) is 6.04 Å². The van der Waals surface area contributed by atoms with Gasteiger partial charge in [-0.25, -0.2) is 4.68 Å². The van der Waals surface area contributed by atoms with Gasteiger partial charge in [0.05, 0.1) is 18.3 Å². The molecular formula is C13H19N5OS. The molecule has 0 saturated heterocycles. The standard InChI is InChI=1S/C13H19N5OS/c1-9(2)14-7-11-5-6-12(19-11)8-20-13-15-16-17-18(13)10-3-4-10/h5-6,9-10,14H,3-4,7-8H2,1-2H3. The first-order valence-electron chi connectivity index (χ1n) is 6.94. The highest BCUT2D eigenvalue weighted by Gasteiger charge is 2.27. The van der Waals surface area contributed by atoms with Gasteiger partial charge in [-0.15, -0.1) is 5.10 Å². The van der Waals surface area contributed by atoms with E-state index < -0.39 is 0 Å². The summed E-state index contributed by atoms with van der Waals surface area (Å²) in [6.45, 7) is 5.01. The third kappa shape index (κ3) is 3.40. The van der Waals surface area contributed by atoms with Gasteiger partial charge in [0.15, 0.2) is 0 Å². The van der Waals surface area contributed by atoms with Crippen LogP contribution in [-0.2, 0) is 12.3 Å². The van der Waals surface area contributed by atoms with Crippen molar-refractivity contribution in [3.05, 3.63) is 23.7 Å². The van der Waals surface area contributed by atoms with E-state index in [0.717, 1.165) is 29.0 Å². The smallest absolute Gasteiger partial charge is 0.210 e. The van der Waals surface area contributed by atoms with Gasteiger partial charge in [0.2, 0.25) is 5.16 Å². The lowest BCUT2D eigenvalue weighted by atomic mass is 10.3. The molecule has 3 rings (SSSR count). The predicted molar refractivity (Wildman–Crippen MR) is 76.3 cm³/mol. The molecule has 2 aromatic heterocycles. The summed E-state index contributed by atoms with van der Waals surface area (Å²) in [5.74, 6) is 2.69. The number of aromatic nitrogens is 4. The largest absolute Gasteiger partial charge is 0.464 e. The molecule has 0 atom stereocenters. The van der Waals surface area contributed by atoms with Crippen LogP contribution in [0.5, 0.6) is 0 Å². The fraction of sp³-hybridized carbons (Fsp3) is 0.615. The molecule has 0 unspecified atom stereocenters. The number of rotatable bonds is 7. The number of nitrogens with zero attached hydrogens (tertiary/aromatic N) is 4. The summed E-state index contributed by atoms with van der Waals surface area (Å²) in [6, 6.07) is 5.01. The van der Waals surface area contributed by atoms with E-state index in [1.807, 2.05) is 16.8 Å². The summed E-state index contributed by atoms with van der Waals surface area (Å²) in [5.41, 5.74) is 0. The SMILES string of the molecule is CC(C)NCc1ccc(CSc2nnnn2C2CC2)o1. The molecule has 20 heavy (non-hydrogen) atoms. The van der Waals surface area contributed by atoms with Crippen LogP contribution in [-0.4, -0.2) is 26.2 Å². The van der Waals surface area contributed by atoms with Crippen molar-refractivity contribution in [3.8, 4) is 0 Å². The van der Waals surface area contributed by atoms with E-state index in [9.17, 15) is 0 Å². The molecular weight excluding hydrogens is 274 g/mol. The zero-order valence-corrected chi connectivity index (χ0v) is 12.6.